The minimum Gasteiger partial charge on any atom is -0.460 e. The van der Waals surface area contributed by atoms with Crippen LogP contribution in [0.3, 0.4) is 0 Å². The summed E-state index contributed by atoms with van der Waals surface area (Å²) in [4.78, 5) is 15.5. The molecule has 0 spiro atoms. The first-order valence-electron chi connectivity index (χ1n) is 4.68. The Morgan fingerprint density at radius 1 is 1.44 bits per heavy atom. The largest absolute Gasteiger partial charge is 0.460 e. The molecule has 0 saturated heterocycles. The first-order chi connectivity index (χ1) is 7.72. The summed E-state index contributed by atoms with van der Waals surface area (Å²) in [7, 11) is 0. The van der Waals surface area contributed by atoms with Gasteiger partial charge in [0.25, 0.3) is 5.82 Å². The van der Waals surface area contributed by atoms with Gasteiger partial charge in [0, 0.05) is 4.47 Å². The van der Waals surface area contributed by atoms with E-state index in [2.05, 4.69) is 31.1 Å². The molecule has 1 heterocycles. The minimum absolute atomic E-state index is 0.0266. The molecule has 0 aliphatic heterocycles. The number of aromatic nitrogens is 3. The van der Waals surface area contributed by atoms with Crippen molar-refractivity contribution >= 4 is 32.9 Å². The molecule has 2 aromatic rings. The second kappa shape index (κ2) is 4.52. The average molecular weight is 282 g/mol. The van der Waals surface area contributed by atoms with E-state index in [0.29, 0.717) is 11.0 Å². The highest BCUT2D eigenvalue weighted by Crippen LogP contribution is 2.19. The summed E-state index contributed by atoms with van der Waals surface area (Å²) in [5, 5.41) is 7.61. The van der Waals surface area contributed by atoms with Gasteiger partial charge in [-0.15, -0.1) is 10.2 Å². The topological polar surface area (TPSA) is 65.0 Å². The SMILES string of the molecule is CCOC(=O)c1nnc2cccc(Br)c2n1. The molecule has 1 aromatic heterocycles. The highest BCUT2D eigenvalue weighted by atomic mass is 79.9. The van der Waals surface area contributed by atoms with Gasteiger partial charge in [0.2, 0.25) is 0 Å². The van der Waals surface area contributed by atoms with E-state index >= 15 is 0 Å². The number of halogens is 1. The van der Waals surface area contributed by atoms with Crippen LogP contribution in [-0.4, -0.2) is 27.8 Å². The lowest BCUT2D eigenvalue weighted by Crippen LogP contribution is -2.10. The summed E-state index contributed by atoms with van der Waals surface area (Å²) in [6.45, 7) is 2.01. The third-order valence-corrected chi connectivity index (χ3v) is 2.53. The normalized spacial score (nSPS) is 10.4. The zero-order valence-corrected chi connectivity index (χ0v) is 10.1. The predicted octanol–water partition coefficient (Wildman–Crippen LogP) is 1.96. The van der Waals surface area contributed by atoms with Gasteiger partial charge < -0.3 is 4.74 Å². The van der Waals surface area contributed by atoms with E-state index in [9.17, 15) is 4.79 Å². The Kier molecular flexibility index (Phi) is 3.09. The minimum atomic E-state index is -0.562. The first kappa shape index (κ1) is 10.9. The van der Waals surface area contributed by atoms with Crippen molar-refractivity contribution in [3.05, 3.63) is 28.5 Å². The zero-order valence-electron chi connectivity index (χ0n) is 8.48. The van der Waals surface area contributed by atoms with Crippen molar-refractivity contribution in [1.29, 1.82) is 0 Å². The molecule has 0 fully saturated rings. The highest BCUT2D eigenvalue weighted by Gasteiger charge is 2.12. The van der Waals surface area contributed by atoms with Crippen molar-refractivity contribution in [2.24, 2.45) is 0 Å². The van der Waals surface area contributed by atoms with E-state index in [-0.39, 0.29) is 12.4 Å². The number of rotatable bonds is 2. The molecule has 0 saturated carbocycles. The first-order valence-corrected chi connectivity index (χ1v) is 5.47. The van der Waals surface area contributed by atoms with Crippen LogP contribution in [0.15, 0.2) is 22.7 Å². The van der Waals surface area contributed by atoms with Gasteiger partial charge in [0.05, 0.1) is 6.61 Å². The van der Waals surface area contributed by atoms with Gasteiger partial charge in [-0.25, -0.2) is 9.78 Å². The number of fused-ring (bicyclic) bond motifs is 1. The molecule has 16 heavy (non-hydrogen) atoms. The van der Waals surface area contributed by atoms with E-state index in [1.807, 2.05) is 12.1 Å². The van der Waals surface area contributed by atoms with Crippen molar-refractivity contribution in [3.8, 4) is 0 Å². The predicted molar refractivity (Wildman–Crippen MR) is 61.0 cm³/mol. The van der Waals surface area contributed by atoms with Gasteiger partial charge in [-0.1, -0.05) is 6.07 Å². The maximum atomic E-state index is 11.4. The summed E-state index contributed by atoms with van der Waals surface area (Å²) in [6, 6.07) is 5.42. The fraction of sp³-hybridized carbons (Fsp3) is 0.200. The Morgan fingerprint density at radius 3 is 3.00 bits per heavy atom. The molecule has 0 aliphatic carbocycles. The molecule has 5 nitrogen and oxygen atoms in total. The Balaban J connectivity index is 2.51. The van der Waals surface area contributed by atoms with E-state index < -0.39 is 5.97 Å². The lowest BCUT2D eigenvalue weighted by Gasteiger charge is -2.01. The van der Waals surface area contributed by atoms with Crippen LogP contribution in [0.5, 0.6) is 0 Å². The number of nitrogens with zero attached hydrogens (tertiary/aromatic N) is 3. The summed E-state index contributed by atoms with van der Waals surface area (Å²) in [6.07, 6.45) is 0. The van der Waals surface area contributed by atoms with Crippen molar-refractivity contribution in [2.45, 2.75) is 6.92 Å². The van der Waals surface area contributed by atoms with Gasteiger partial charge in [-0.3, -0.25) is 0 Å². The summed E-state index contributed by atoms with van der Waals surface area (Å²) in [5.74, 6) is -0.589. The van der Waals surface area contributed by atoms with Gasteiger partial charge in [0.15, 0.2) is 0 Å². The molecule has 0 unspecified atom stereocenters. The lowest BCUT2D eigenvalue weighted by atomic mass is 10.3. The van der Waals surface area contributed by atoms with Crippen LogP contribution in [-0.2, 0) is 4.74 Å². The van der Waals surface area contributed by atoms with Crippen molar-refractivity contribution in [1.82, 2.24) is 15.2 Å². The fourth-order valence-corrected chi connectivity index (χ4v) is 1.65. The van der Waals surface area contributed by atoms with Gasteiger partial charge in [-0.2, -0.15) is 0 Å². The highest BCUT2D eigenvalue weighted by molar-refractivity contribution is 9.10. The Morgan fingerprint density at radius 2 is 2.25 bits per heavy atom. The average Bonchev–Trinajstić information content (AvgIpc) is 2.29. The monoisotopic (exact) mass is 281 g/mol. The molecule has 0 bridgehead atoms. The molecule has 0 amide bonds. The number of benzene rings is 1. The van der Waals surface area contributed by atoms with Crippen LogP contribution in [0.4, 0.5) is 0 Å². The van der Waals surface area contributed by atoms with Crippen LogP contribution >= 0.6 is 15.9 Å². The molecule has 1 aromatic carbocycles. The van der Waals surface area contributed by atoms with E-state index in [0.717, 1.165) is 4.47 Å². The van der Waals surface area contributed by atoms with Crippen molar-refractivity contribution in [2.75, 3.05) is 6.61 Å². The maximum absolute atomic E-state index is 11.4. The fourth-order valence-electron chi connectivity index (χ4n) is 1.21. The lowest BCUT2D eigenvalue weighted by molar-refractivity contribution is 0.0511. The number of para-hydroxylation sites is 1. The number of esters is 1. The maximum Gasteiger partial charge on any atom is 0.378 e. The van der Waals surface area contributed by atoms with E-state index in [1.54, 1.807) is 13.0 Å². The second-order valence-electron chi connectivity index (χ2n) is 2.96. The van der Waals surface area contributed by atoms with E-state index in [4.69, 9.17) is 4.74 Å². The van der Waals surface area contributed by atoms with Crippen molar-refractivity contribution < 1.29 is 9.53 Å². The molecule has 82 valence electrons. The number of ether oxygens (including phenoxy) is 1. The summed E-state index contributed by atoms with van der Waals surface area (Å²) in [5.41, 5.74) is 1.22. The van der Waals surface area contributed by atoms with E-state index in [1.165, 1.54) is 0 Å². The van der Waals surface area contributed by atoms with Crippen LogP contribution < -0.4 is 0 Å². The number of hydrogen-bond donors (Lipinski definition) is 0. The zero-order chi connectivity index (χ0) is 11.5. The molecule has 6 heteroatoms. The van der Waals surface area contributed by atoms with Crippen LogP contribution in [0, 0.1) is 0 Å². The molecular weight excluding hydrogens is 274 g/mol. The Hall–Kier alpha value is -1.56. The molecule has 0 aliphatic rings. The number of hydrogen-bond acceptors (Lipinski definition) is 5. The molecule has 0 N–H and O–H groups in total. The molecule has 0 atom stereocenters. The standard InChI is InChI=1S/C10H8BrN3O2/c1-2-16-10(15)9-12-8-6(11)4-3-5-7(8)13-14-9/h3-5H,2H2,1H3. The molecular formula is C10H8BrN3O2. The second-order valence-corrected chi connectivity index (χ2v) is 3.82. The molecule has 0 radical (unpaired) electrons. The van der Waals surface area contributed by atoms with Crippen LogP contribution in [0.2, 0.25) is 0 Å². The van der Waals surface area contributed by atoms with Crippen molar-refractivity contribution in [3.63, 3.8) is 0 Å². The Bertz CT molecular complexity index is 545. The number of carbonyl (C=O) groups excluding carboxylic acids is 1. The smallest absolute Gasteiger partial charge is 0.378 e. The van der Waals surface area contributed by atoms with Crippen LogP contribution in [0.25, 0.3) is 11.0 Å². The van der Waals surface area contributed by atoms with Gasteiger partial charge in [-0.05, 0) is 35.0 Å². The summed E-state index contributed by atoms with van der Waals surface area (Å²) >= 11 is 3.34. The van der Waals surface area contributed by atoms with Crippen LogP contribution in [0.1, 0.15) is 17.5 Å². The van der Waals surface area contributed by atoms with Gasteiger partial charge in [0.1, 0.15) is 11.0 Å². The number of carbonyl (C=O) groups is 1. The molecule has 2 rings (SSSR count). The quantitative estimate of drug-likeness (QED) is 0.788. The third kappa shape index (κ3) is 2.01. The Labute approximate surface area is 100.0 Å². The van der Waals surface area contributed by atoms with Gasteiger partial charge >= 0.3 is 5.97 Å². The third-order valence-electron chi connectivity index (χ3n) is 1.89. The summed E-state index contributed by atoms with van der Waals surface area (Å²) < 4.78 is 5.57.